The third-order valence-electron chi connectivity index (χ3n) is 6.32. The minimum atomic E-state index is 0.760. The molecule has 0 fully saturated rings. The van der Waals surface area contributed by atoms with E-state index in [0.717, 1.165) is 45.6 Å². The van der Waals surface area contributed by atoms with Crippen molar-refractivity contribution in [3.63, 3.8) is 0 Å². The van der Waals surface area contributed by atoms with Crippen LogP contribution in [-0.2, 0) is 13.6 Å². The average Bonchev–Trinajstić information content (AvgIpc) is 3.42. The van der Waals surface area contributed by atoms with Gasteiger partial charge in [-0.15, -0.1) is 0 Å². The molecule has 0 saturated heterocycles. The van der Waals surface area contributed by atoms with Gasteiger partial charge >= 0.3 is 0 Å². The van der Waals surface area contributed by atoms with E-state index >= 15 is 0 Å². The second kappa shape index (κ2) is 8.99. The Bertz CT molecular complexity index is 1560. The van der Waals surface area contributed by atoms with Crippen LogP contribution in [0.1, 0.15) is 23.6 Å². The van der Waals surface area contributed by atoms with Gasteiger partial charge in [-0.05, 0) is 60.4 Å². The molecule has 4 nitrogen and oxygen atoms in total. The zero-order chi connectivity index (χ0) is 23.7. The third kappa shape index (κ3) is 3.88. The molecule has 168 valence electrons. The maximum absolute atomic E-state index is 4.90. The molecule has 0 aliphatic carbocycles. The van der Waals surface area contributed by atoms with Gasteiger partial charge < -0.3 is 9.13 Å². The molecule has 4 heteroatoms. The first kappa shape index (κ1) is 21.7. The van der Waals surface area contributed by atoms with Crippen LogP contribution in [0.15, 0.2) is 97.9 Å². The van der Waals surface area contributed by atoms with Gasteiger partial charge in [-0.2, -0.15) is 0 Å². The number of allylic oxidation sites excluding steroid dienone is 5. The molecule has 0 aliphatic heterocycles. The number of nitrogens with zero attached hydrogens (tertiary/aromatic N) is 4. The highest BCUT2D eigenvalue weighted by Crippen LogP contribution is 2.29. The first-order valence-electron chi connectivity index (χ1n) is 11.5. The Labute approximate surface area is 200 Å². The largest absolute Gasteiger partial charge is 0.327 e. The Morgan fingerprint density at radius 2 is 1.82 bits per heavy atom. The highest BCUT2D eigenvalue weighted by atomic mass is 15.1. The molecule has 0 unspecified atom stereocenters. The molecule has 0 bridgehead atoms. The summed E-state index contributed by atoms with van der Waals surface area (Å²) in [6.45, 7) is 8.70. The number of para-hydroxylation sites is 2. The molecule has 0 saturated carbocycles. The maximum atomic E-state index is 4.90. The van der Waals surface area contributed by atoms with E-state index < -0.39 is 0 Å². The van der Waals surface area contributed by atoms with Crippen LogP contribution in [0, 0.1) is 6.92 Å². The molecule has 34 heavy (non-hydrogen) atoms. The summed E-state index contributed by atoms with van der Waals surface area (Å²) < 4.78 is 4.38. The number of hydrogen-bond acceptors (Lipinski definition) is 2. The zero-order valence-corrected chi connectivity index (χ0v) is 19.9. The van der Waals surface area contributed by atoms with Gasteiger partial charge in [0.25, 0.3) is 0 Å². The van der Waals surface area contributed by atoms with Crippen LogP contribution in [0.4, 0.5) is 0 Å². The summed E-state index contributed by atoms with van der Waals surface area (Å²) in [6, 6.07) is 21.4. The van der Waals surface area contributed by atoms with Crippen molar-refractivity contribution < 1.29 is 0 Å². The van der Waals surface area contributed by atoms with Crippen LogP contribution in [0.25, 0.3) is 39.0 Å². The smallest absolute Gasteiger partial charge is 0.140 e. The fourth-order valence-corrected chi connectivity index (χ4v) is 4.53. The van der Waals surface area contributed by atoms with E-state index in [2.05, 4.69) is 103 Å². The van der Waals surface area contributed by atoms with Crippen molar-refractivity contribution in [1.82, 2.24) is 19.1 Å². The Hall–Kier alpha value is -4.18. The zero-order valence-electron chi connectivity index (χ0n) is 19.9. The number of hydrogen-bond donors (Lipinski definition) is 0. The van der Waals surface area contributed by atoms with Gasteiger partial charge in [-0.3, -0.25) is 0 Å². The average molecular weight is 445 g/mol. The lowest BCUT2D eigenvalue weighted by molar-refractivity contribution is 0.824. The fraction of sp³-hybridized carbons (Fsp3) is 0.133. The van der Waals surface area contributed by atoms with Crippen LogP contribution in [0.2, 0.25) is 0 Å². The molecule has 0 atom stereocenters. The number of aryl methyl sites for hydroxylation is 2. The molecule has 2 aromatic heterocycles. The highest BCUT2D eigenvalue weighted by Gasteiger charge is 2.14. The SMILES string of the molecule is C=C/C=C\C(=C/C)c1ccc(Cn2cnc3c(C)cc(-c4nc5ccccc5n4C)cc32)cc1. The minimum Gasteiger partial charge on any atom is -0.327 e. The predicted molar refractivity (Wildman–Crippen MR) is 143 cm³/mol. The van der Waals surface area contributed by atoms with E-state index in [0.29, 0.717) is 0 Å². The molecule has 0 radical (unpaired) electrons. The second-order valence-corrected chi connectivity index (χ2v) is 8.55. The van der Waals surface area contributed by atoms with Crippen LogP contribution < -0.4 is 0 Å². The maximum Gasteiger partial charge on any atom is 0.140 e. The summed E-state index contributed by atoms with van der Waals surface area (Å²) in [5.41, 5.74) is 10.2. The number of fused-ring (bicyclic) bond motifs is 2. The first-order valence-corrected chi connectivity index (χ1v) is 11.5. The Kier molecular flexibility index (Phi) is 5.72. The van der Waals surface area contributed by atoms with Crippen molar-refractivity contribution in [3.8, 4) is 11.4 Å². The molecule has 0 spiro atoms. The molecule has 5 aromatic rings. The van der Waals surface area contributed by atoms with E-state index in [4.69, 9.17) is 9.97 Å². The molecule has 3 aromatic carbocycles. The summed E-state index contributed by atoms with van der Waals surface area (Å²) >= 11 is 0. The van der Waals surface area contributed by atoms with Crippen molar-refractivity contribution in [3.05, 3.63) is 115 Å². The minimum absolute atomic E-state index is 0.760. The fourth-order valence-electron chi connectivity index (χ4n) is 4.53. The van der Waals surface area contributed by atoms with E-state index in [1.165, 1.54) is 16.7 Å². The van der Waals surface area contributed by atoms with Crippen molar-refractivity contribution >= 4 is 27.6 Å². The van der Waals surface area contributed by atoms with Crippen LogP contribution in [0.3, 0.4) is 0 Å². The lowest BCUT2D eigenvalue weighted by atomic mass is 10.0. The summed E-state index contributed by atoms with van der Waals surface area (Å²) in [5, 5.41) is 0. The molecule has 0 amide bonds. The van der Waals surface area contributed by atoms with E-state index in [1.807, 2.05) is 18.5 Å². The van der Waals surface area contributed by atoms with E-state index in [-0.39, 0.29) is 0 Å². The Morgan fingerprint density at radius 1 is 1.03 bits per heavy atom. The molecular weight excluding hydrogens is 416 g/mol. The van der Waals surface area contributed by atoms with Crippen molar-refractivity contribution in [1.29, 1.82) is 0 Å². The van der Waals surface area contributed by atoms with E-state index in [9.17, 15) is 0 Å². The van der Waals surface area contributed by atoms with Gasteiger partial charge in [-0.1, -0.05) is 67.3 Å². The Morgan fingerprint density at radius 3 is 2.56 bits per heavy atom. The molecule has 5 rings (SSSR count). The molecular formula is C30H28N4. The number of rotatable bonds is 6. The Balaban J connectivity index is 1.50. The molecule has 2 heterocycles. The topological polar surface area (TPSA) is 35.6 Å². The summed E-state index contributed by atoms with van der Waals surface area (Å²) in [4.78, 5) is 9.62. The predicted octanol–water partition coefficient (Wildman–Crippen LogP) is 7.09. The first-order chi connectivity index (χ1) is 16.6. The van der Waals surface area contributed by atoms with Crippen LogP contribution in [0.5, 0.6) is 0 Å². The lowest BCUT2D eigenvalue weighted by Crippen LogP contribution is -1.99. The van der Waals surface area contributed by atoms with Crippen LogP contribution >= 0.6 is 0 Å². The van der Waals surface area contributed by atoms with Crippen molar-refractivity contribution in [2.45, 2.75) is 20.4 Å². The standard InChI is InChI=1S/C30H28N4/c1-5-7-10-23(6-2)24-15-13-22(14-16-24)19-34-20-31-29-21(3)17-25(18-28(29)34)30-32-26-11-8-9-12-27(26)33(30)4/h5-18,20H,1,19H2,2-4H3/b10-7-,23-6+. The van der Waals surface area contributed by atoms with Gasteiger partial charge in [0, 0.05) is 19.2 Å². The normalized spacial score (nSPS) is 12.3. The quantitative estimate of drug-likeness (QED) is 0.262. The molecule has 0 N–H and O–H groups in total. The van der Waals surface area contributed by atoms with Gasteiger partial charge in [0.1, 0.15) is 5.82 Å². The monoisotopic (exact) mass is 444 g/mol. The summed E-state index contributed by atoms with van der Waals surface area (Å²) in [6.07, 6.45) is 9.90. The number of imidazole rings is 2. The van der Waals surface area contributed by atoms with Gasteiger partial charge in [0.05, 0.1) is 28.4 Å². The van der Waals surface area contributed by atoms with E-state index in [1.54, 1.807) is 6.08 Å². The summed E-state index contributed by atoms with van der Waals surface area (Å²) in [7, 11) is 2.08. The highest BCUT2D eigenvalue weighted by molar-refractivity contribution is 5.87. The molecule has 0 aliphatic rings. The van der Waals surface area contributed by atoms with Crippen LogP contribution in [-0.4, -0.2) is 19.1 Å². The number of aromatic nitrogens is 4. The van der Waals surface area contributed by atoms with Crippen molar-refractivity contribution in [2.24, 2.45) is 7.05 Å². The van der Waals surface area contributed by atoms with Gasteiger partial charge in [0.2, 0.25) is 0 Å². The van der Waals surface area contributed by atoms with Gasteiger partial charge in [0.15, 0.2) is 0 Å². The second-order valence-electron chi connectivity index (χ2n) is 8.55. The van der Waals surface area contributed by atoms with Crippen molar-refractivity contribution in [2.75, 3.05) is 0 Å². The number of benzene rings is 3. The van der Waals surface area contributed by atoms with Gasteiger partial charge in [-0.25, -0.2) is 9.97 Å². The third-order valence-corrected chi connectivity index (χ3v) is 6.32. The summed E-state index contributed by atoms with van der Waals surface area (Å²) in [5.74, 6) is 0.967. The lowest BCUT2D eigenvalue weighted by Gasteiger charge is -2.09.